The van der Waals surface area contributed by atoms with Gasteiger partial charge in [-0.2, -0.15) is 0 Å². The van der Waals surface area contributed by atoms with E-state index >= 15 is 0 Å². The molecule has 1 N–H and O–H groups in total. The molecular formula is C13H11NO3. The van der Waals surface area contributed by atoms with E-state index in [1.165, 1.54) is 0 Å². The summed E-state index contributed by atoms with van der Waals surface area (Å²) in [5.74, 6) is 0.437. The molecule has 0 bridgehead atoms. The highest BCUT2D eigenvalue weighted by Gasteiger charge is 2.05. The maximum absolute atomic E-state index is 11.3. The summed E-state index contributed by atoms with van der Waals surface area (Å²) < 4.78 is 4.91. The highest BCUT2D eigenvalue weighted by molar-refractivity contribution is 5.65. The number of benzene rings is 2. The van der Waals surface area contributed by atoms with Crippen molar-refractivity contribution in [3.8, 4) is 5.75 Å². The van der Waals surface area contributed by atoms with Crippen LogP contribution in [-0.4, -0.2) is 6.16 Å². The average molecular weight is 229 g/mol. The molecule has 86 valence electrons. The molecule has 0 aliphatic rings. The number of rotatable bonds is 3. The summed E-state index contributed by atoms with van der Waals surface area (Å²) in [6, 6.07) is 17.8. The normalized spacial score (nSPS) is 9.41. The molecule has 4 heteroatoms. The Balaban J connectivity index is 1.83. The number of carbonyl (C=O) groups excluding carboxylic acids is 1. The van der Waals surface area contributed by atoms with Gasteiger partial charge in [0.25, 0.3) is 0 Å². The molecule has 0 aromatic heterocycles. The van der Waals surface area contributed by atoms with Crippen LogP contribution in [0.15, 0.2) is 60.7 Å². The van der Waals surface area contributed by atoms with E-state index < -0.39 is 6.16 Å². The predicted octanol–water partition coefficient (Wildman–Crippen LogP) is 3.23. The van der Waals surface area contributed by atoms with E-state index in [1.807, 2.05) is 24.3 Å². The van der Waals surface area contributed by atoms with E-state index in [1.54, 1.807) is 36.4 Å². The van der Waals surface area contributed by atoms with Crippen LogP contribution in [0.5, 0.6) is 5.75 Å². The molecule has 0 saturated carbocycles. The van der Waals surface area contributed by atoms with Gasteiger partial charge in [0.05, 0.1) is 5.69 Å². The number of ether oxygens (including phenoxy) is 1. The van der Waals surface area contributed by atoms with E-state index in [2.05, 4.69) is 5.48 Å². The minimum atomic E-state index is -0.806. The minimum absolute atomic E-state index is 0.437. The highest BCUT2D eigenvalue weighted by atomic mass is 16.8. The van der Waals surface area contributed by atoms with Crippen LogP contribution in [0.3, 0.4) is 0 Å². The summed E-state index contributed by atoms with van der Waals surface area (Å²) in [6.07, 6.45) is -0.806. The lowest BCUT2D eigenvalue weighted by Crippen LogP contribution is -2.14. The van der Waals surface area contributed by atoms with Crippen molar-refractivity contribution in [2.75, 3.05) is 5.48 Å². The molecule has 2 aromatic carbocycles. The fourth-order valence-corrected chi connectivity index (χ4v) is 1.21. The first-order valence-corrected chi connectivity index (χ1v) is 5.09. The predicted molar refractivity (Wildman–Crippen MR) is 63.6 cm³/mol. The number of nitrogens with one attached hydrogen (secondary N) is 1. The van der Waals surface area contributed by atoms with Crippen LogP contribution in [0.25, 0.3) is 0 Å². The number of hydrogen-bond acceptors (Lipinski definition) is 4. The van der Waals surface area contributed by atoms with Gasteiger partial charge < -0.3 is 9.57 Å². The van der Waals surface area contributed by atoms with E-state index in [9.17, 15) is 4.79 Å². The van der Waals surface area contributed by atoms with Crippen molar-refractivity contribution in [3.05, 3.63) is 60.7 Å². The molecule has 4 nitrogen and oxygen atoms in total. The summed E-state index contributed by atoms with van der Waals surface area (Å²) in [6.45, 7) is 0. The molecule has 2 aromatic rings. The van der Waals surface area contributed by atoms with E-state index in [-0.39, 0.29) is 0 Å². The van der Waals surface area contributed by atoms with E-state index in [0.717, 1.165) is 0 Å². The first kappa shape index (κ1) is 11.0. The van der Waals surface area contributed by atoms with Crippen molar-refractivity contribution in [3.63, 3.8) is 0 Å². The Bertz CT molecular complexity index is 471. The number of anilines is 1. The van der Waals surface area contributed by atoms with Gasteiger partial charge in [0.15, 0.2) is 0 Å². The molecule has 0 atom stereocenters. The topological polar surface area (TPSA) is 47.6 Å². The molecule has 0 spiro atoms. The lowest BCUT2D eigenvalue weighted by Gasteiger charge is -2.06. The SMILES string of the molecule is O=C(ONc1ccccc1)Oc1ccccc1. The molecule has 0 fully saturated rings. The Labute approximate surface area is 98.7 Å². The van der Waals surface area contributed by atoms with Gasteiger partial charge in [0, 0.05) is 0 Å². The van der Waals surface area contributed by atoms with Gasteiger partial charge in [0.2, 0.25) is 0 Å². The molecule has 2 rings (SSSR count). The number of carbonyl (C=O) groups is 1. The van der Waals surface area contributed by atoms with Crippen molar-refractivity contribution >= 4 is 11.8 Å². The Morgan fingerprint density at radius 1 is 0.882 bits per heavy atom. The molecule has 0 unspecified atom stereocenters. The largest absolute Gasteiger partial charge is 0.538 e. The van der Waals surface area contributed by atoms with Gasteiger partial charge in [-0.1, -0.05) is 36.4 Å². The third-order valence-corrected chi connectivity index (χ3v) is 1.97. The zero-order valence-corrected chi connectivity index (χ0v) is 9.00. The van der Waals surface area contributed by atoms with E-state index in [4.69, 9.17) is 9.57 Å². The Morgan fingerprint density at radius 3 is 2.12 bits per heavy atom. The highest BCUT2D eigenvalue weighted by Crippen LogP contribution is 2.10. The average Bonchev–Trinajstić information content (AvgIpc) is 2.39. The van der Waals surface area contributed by atoms with Crippen LogP contribution < -0.4 is 10.2 Å². The second-order valence-corrected chi connectivity index (χ2v) is 3.24. The van der Waals surface area contributed by atoms with Crippen molar-refractivity contribution in [2.24, 2.45) is 0 Å². The fourth-order valence-electron chi connectivity index (χ4n) is 1.21. The van der Waals surface area contributed by atoms with Crippen LogP contribution in [-0.2, 0) is 4.84 Å². The summed E-state index contributed by atoms with van der Waals surface area (Å²) in [5.41, 5.74) is 3.17. The molecule has 0 saturated heterocycles. The first-order valence-electron chi connectivity index (χ1n) is 5.09. The second kappa shape index (κ2) is 5.55. The Hall–Kier alpha value is -2.49. The van der Waals surface area contributed by atoms with Crippen LogP contribution in [0.1, 0.15) is 0 Å². The minimum Gasteiger partial charge on any atom is -0.393 e. The maximum Gasteiger partial charge on any atom is 0.538 e. The van der Waals surface area contributed by atoms with Crippen LogP contribution in [0, 0.1) is 0 Å². The summed E-state index contributed by atoms with van der Waals surface area (Å²) >= 11 is 0. The monoisotopic (exact) mass is 229 g/mol. The van der Waals surface area contributed by atoms with Gasteiger partial charge in [-0.25, -0.2) is 10.3 Å². The molecule has 0 amide bonds. The van der Waals surface area contributed by atoms with Gasteiger partial charge >= 0.3 is 6.16 Å². The van der Waals surface area contributed by atoms with Gasteiger partial charge in [-0.15, -0.1) is 0 Å². The zero-order valence-electron chi connectivity index (χ0n) is 9.00. The summed E-state index contributed by atoms with van der Waals surface area (Å²) in [7, 11) is 0. The smallest absolute Gasteiger partial charge is 0.393 e. The third kappa shape index (κ3) is 3.53. The standard InChI is InChI=1S/C13H11NO3/c15-13(16-12-9-5-2-6-10-12)17-14-11-7-3-1-4-8-11/h1-10,14H. The van der Waals surface area contributed by atoms with Crippen molar-refractivity contribution in [1.29, 1.82) is 0 Å². The second-order valence-electron chi connectivity index (χ2n) is 3.24. The Morgan fingerprint density at radius 2 is 1.47 bits per heavy atom. The van der Waals surface area contributed by atoms with Crippen molar-refractivity contribution < 1.29 is 14.4 Å². The van der Waals surface area contributed by atoms with Gasteiger partial charge in [-0.05, 0) is 24.3 Å². The van der Waals surface area contributed by atoms with Crippen LogP contribution in [0.4, 0.5) is 10.5 Å². The van der Waals surface area contributed by atoms with Crippen LogP contribution >= 0.6 is 0 Å². The van der Waals surface area contributed by atoms with Gasteiger partial charge in [-0.3, -0.25) is 0 Å². The lowest BCUT2D eigenvalue weighted by atomic mass is 10.3. The number of para-hydroxylation sites is 2. The number of hydrogen-bond donors (Lipinski definition) is 1. The molecular weight excluding hydrogens is 218 g/mol. The van der Waals surface area contributed by atoms with E-state index in [0.29, 0.717) is 11.4 Å². The molecule has 0 aliphatic carbocycles. The molecule has 0 radical (unpaired) electrons. The summed E-state index contributed by atoms with van der Waals surface area (Å²) in [4.78, 5) is 16.0. The fraction of sp³-hybridized carbons (Fsp3) is 0. The molecule has 0 aliphatic heterocycles. The molecule has 17 heavy (non-hydrogen) atoms. The maximum atomic E-state index is 11.3. The Kier molecular flexibility index (Phi) is 3.60. The third-order valence-electron chi connectivity index (χ3n) is 1.97. The van der Waals surface area contributed by atoms with Crippen LogP contribution in [0.2, 0.25) is 0 Å². The zero-order chi connectivity index (χ0) is 11.9. The van der Waals surface area contributed by atoms with Crippen molar-refractivity contribution in [1.82, 2.24) is 0 Å². The van der Waals surface area contributed by atoms with Gasteiger partial charge in [0.1, 0.15) is 5.75 Å². The summed E-state index contributed by atoms with van der Waals surface area (Å²) in [5, 5.41) is 0. The quantitative estimate of drug-likeness (QED) is 0.498. The lowest BCUT2D eigenvalue weighted by molar-refractivity contribution is 0.120. The first-order chi connectivity index (χ1) is 8.34. The van der Waals surface area contributed by atoms with Crippen molar-refractivity contribution in [2.45, 2.75) is 0 Å². The molecule has 0 heterocycles.